The van der Waals surface area contributed by atoms with Crippen LogP contribution in [0.3, 0.4) is 0 Å². The van der Waals surface area contributed by atoms with E-state index in [-0.39, 0.29) is 11.3 Å². The van der Waals surface area contributed by atoms with E-state index in [1.54, 1.807) is 18.2 Å². The number of nitro benzene ring substituents is 1. The molecule has 5 rings (SSSR count). The molecule has 4 aromatic carbocycles. The third kappa shape index (κ3) is 6.85. The van der Waals surface area contributed by atoms with Crippen molar-refractivity contribution in [3.8, 4) is 5.69 Å². The maximum Gasteiger partial charge on any atom is 0.269 e. The number of halogens is 1. The summed E-state index contributed by atoms with van der Waals surface area (Å²) in [5, 5.41) is 23.9. The lowest BCUT2D eigenvalue weighted by atomic mass is 10.0. The molecular formula is C31H26FN5O3S. The highest BCUT2D eigenvalue weighted by molar-refractivity contribution is 7.98. The Hall–Kier alpha value is -4.83. The number of non-ortho nitro benzene ring substituents is 1. The number of carbonyl (C=O) groups excluding carboxylic acids is 1. The van der Waals surface area contributed by atoms with Gasteiger partial charge in [0.2, 0.25) is 0 Å². The number of thioether (sulfide) groups is 1. The van der Waals surface area contributed by atoms with Gasteiger partial charge in [-0.1, -0.05) is 78.0 Å². The van der Waals surface area contributed by atoms with Gasteiger partial charge in [-0.15, -0.1) is 10.2 Å². The smallest absolute Gasteiger partial charge is 0.269 e. The Kier molecular flexibility index (Phi) is 8.50. The fourth-order valence-electron chi connectivity index (χ4n) is 4.44. The predicted octanol–water partition coefficient (Wildman–Crippen LogP) is 6.63. The van der Waals surface area contributed by atoms with Crippen LogP contribution in [0.25, 0.3) is 5.69 Å². The van der Waals surface area contributed by atoms with Crippen molar-refractivity contribution in [1.29, 1.82) is 0 Å². The highest BCUT2D eigenvalue weighted by Crippen LogP contribution is 2.30. The Bertz CT molecular complexity index is 1680. The molecule has 41 heavy (non-hydrogen) atoms. The summed E-state index contributed by atoms with van der Waals surface area (Å²) in [6.45, 7) is 2.03. The number of rotatable bonds is 10. The van der Waals surface area contributed by atoms with Crippen molar-refractivity contribution in [2.24, 2.45) is 0 Å². The molecular weight excluding hydrogens is 541 g/mol. The van der Waals surface area contributed by atoms with E-state index in [0.29, 0.717) is 28.8 Å². The van der Waals surface area contributed by atoms with E-state index in [4.69, 9.17) is 0 Å². The molecule has 0 saturated carbocycles. The number of aromatic nitrogens is 3. The van der Waals surface area contributed by atoms with Gasteiger partial charge in [-0.05, 0) is 54.8 Å². The number of aryl methyl sites for hydroxylation is 1. The molecule has 1 heterocycles. The third-order valence-electron chi connectivity index (χ3n) is 6.41. The van der Waals surface area contributed by atoms with Crippen LogP contribution < -0.4 is 5.32 Å². The minimum atomic E-state index is -0.649. The van der Waals surface area contributed by atoms with E-state index < -0.39 is 22.7 Å². The zero-order valence-corrected chi connectivity index (χ0v) is 22.9. The van der Waals surface area contributed by atoms with Crippen LogP contribution in [0.4, 0.5) is 10.1 Å². The second-order valence-corrected chi connectivity index (χ2v) is 10.4. The number of hydrogen-bond acceptors (Lipinski definition) is 6. The van der Waals surface area contributed by atoms with Crippen molar-refractivity contribution in [2.75, 3.05) is 0 Å². The Labute approximate surface area is 240 Å². The number of carbonyl (C=O) groups is 1. The molecule has 8 nitrogen and oxygen atoms in total. The molecule has 206 valence electrons. The SMILES string of the molecule is Cc1cccc(CSc2nnc(C(Cc3ccccc3)NC(=O)c3cccc(F)c3)n2-c2ccc([N+](=O)[O-])cc2)c1. The first-order chi connectivity index (χ1) is 19.9. The molecule has 0 aliphatic heterocycles. The second-order valence-electron chi connectivity index (χ2n) is 9.45. The average molecular weight is 568 g/mol. The van der Waals surface area contributed by atoms with Gasteiger partial charge in [0, 0.05) is 29.1 Å². The molecule has 0 aliphatic carbocycles. The van der Waals surface area contributed by atoms with Crippen LogP contribution in [0.15, 0.2) is 108 Å². The number of nitro groups is 1. The lowest BCUT2D eigenvalue weighted by Crippen LogP contribution is -2.32. The standard InChI is InChI=1S/C31H26FN5O3S/c1-21-7-5-10-23(17-21)20-41-31-35-34-29(36(31)26-13-15-27(16-14-26)37(39)40)28(18-22-8-3-2-4-9-22)33-30(38)24-11-6-12-25(32)19-24/h2-17,19,28H,18,20H2,1H3,(H,33,38). The van der Waals surface area contributed by atoms with Gasteiger partial charge in [0.05, 0.1) is 11.0 Å². The fourth-order valence-corrected chi connectivity index (χ4v) is 5.35. The summed E-state index contributed by atoms with van der Waals surface area (Å²) in [6.07, 6.45) is 0.384. The van der Waals surface area contributed by atoms with Crippen molar-refractivity contribution in [3.63, 3.8) is 0 Å². The summed E-state index contributed by atoms with van der Waals surface area (Å²) in [7, 11) is 0. The number of nitrogens with one attached hydrogen (secondary N) is 1. The first kappa shape index (κ1) is 27.7. The molecule has 10 heteroatoms. The molecule has 1 amide bonds. The number of benzene rings is 4. The monoisotopic (exact) mass is 567 g/mol. The van der Waals surface area contributed by atoms with Crippen LogP contribution >= 0.6 is 11.8 Å². The topological polar surface area (TPSA) is 103 Å². The van der Waals surface area contributed by atoms with Gasteiger partial charge in [0.25, 0.3) is 11.6 Å². The third-order valence-corrected chi connectivity index (χ3v) is 7.41. The van der Waals surface area contributed by atoms with Gasteiger partial charge in [-0.3, -0.25) is 19.5 Å². The van der Waals surface area contributed by atoms with Crippen LogP contribution in [0.1, 0.15) is 38.9 Å². The number of amides is 1. The van der Waals surface area contributed by atoms with Crippen molar-refractivity contribution in [3.05, 3.63) is 147 Å². The van der Waals surface area contributed by atoms with Crippen LogP contribution in [0.5, 0.6) is 0 Å². The number of nitrogens with zero attached hydrogens (tertiary/aromatic N) is 4. The first-order valence-electron chi connectivity index (χ1n) is 12.9. The van der Waals surface area contributed by atoms with Crippen molar-refractivity contribution in [1.82, 2.24) is 20.1 Å². The fraction of sp³-hybridized carbons (Fsp3) is 0.129. The van der Waals surface area contributed by atoms with Crippen molar-refractivity contribution >= 4 is 23.4 Å². The molecule has 1 N–H and O–H groups in total. The van der Waals surface area contributed by atoms with E-state index in [1.807, 2.05) is 60.0 Å². The lowest BCUT2D eigenvalue weighted by molar-refractivity contribution is -0.384. The van der Waals surface area contributed by atoms with Crippen LogP contribution in [0, 0.1) is 22.9 Å². The lowest BCUT2D eigenvalue weighted by Gasteiger charge is -2.20. The van der Waals surface area contributed by atoms with Crippen LogP contribution in [-0.4, -0.2) is 25.6 Å². The van der Waals surface area contributed by atoms with Gasteiger partial charge in [-0.25, -0.2) is 4.39 Å². The largest absolute Gasteiger partial charge is 0.342 e. The molecule has 1 unspecified atom stereocenters. The van der Waals surface area contributed by atoms with Crippen molar-refractivity contribution in [2.45, 2.75) is 30.3 Å². The highest BCUT2D eigenvalue weighted by atomic mass is 32.2. The number of hydrogen-bond donors (Lipinski definition) is 1. The van der Waals surface area contributed by atoms with Gasteiger partial charge in [0.15, 0.2) is 11.0 Å². The van der Waals surface area contributed by atoms with Gasteiger partial charge in [0.1, 0.15) is 5.82 Å². The van der Waals surface area contributed by atoms with Gasteiger partial charge >= 0.3 is 0 Å². The maximum atomic E-state index is 13.9. The minimum absolute atomic E-state index is 0.0439. The van der Waals surface area contributed by atoms with E-state index in [0.717, 1.165) is 16.7 Å². The molecule has 0 spiro atoms. The van der Waals surface area contributed by atoms with E-state index >= 15 is 0 Å². The van der Waals surface area contributed by atoms with E-state index in [1.165, 1.54) is 42.1 Å². The molecule has 1 atom stereocenters. The summed E-state index contributed by atoms with van der Waals surface area (Å²) in [6, 6.07) is 28.7. The summed E-state index contributed by atoms with van der Waals surface area (Å²) >= 11 is 1.47. The normalized spacial score (nSPS) is 11.7. The first-order valence-corrected chi connectivity index (χ1v) is 13.8. The maximum absolute atomic E-state index is 13.9. The summed E-state index contributed by atoms with van der Waals surface area (Å²) in [5.41, 5.74) is 3.94. The molecule has 0 radical (unpaired) electrons. The summed E-state index contributed by atoms with van der Waals surface area (Å²) in [4.78, 5) is 24.1. The van der Waals surface area contributed by atoms with Crippen molar-refractivity contribution < 1.29 is 14.1 Å². The predicted molar refractivity (Wildman–Crippen MR) is 156 cm³/mol. The molecule has 0 fully saturated rings. The Morgan fingerprint density at radius 1 is 0.951 bits per heavy atom. The minimum Gasteiger partial charge on any atom is -0.342 e. The average Bonchev–Trinajstić information content (AvgIpc) is 3.40. The molecule has 0 aliphatic rings. The van der Waals surface area contributed by atoms with Gasteiger partial charge in [-0.2, -0.15) is 0 Å². The Morgan fingerprint density at radius 3 is 2.39 bits per heavy atom. The van der Waals surface area contributed by atoms with Gasteiger partial charge < -0.3 is 5.32 Å². The highest BCUT2D eigenvalue weighted by Gasteiger charge is 2.26. The summed E-state index contributed by atoms with van der Waals surface area (Å²) < 4.78 is 15.7. The van der Waals surface area contributed by atoms with E-state index in [9.17, 15) is 19.3 Å². The molecule has 1 aromatic heterocycles. The summed E-state index contributed by atoms with van der Waals surface area (Å²) in [5.74, 6) is 0.0872. The molecule has 0 saturated heterocycles. The quantitative estimate of drug-likeness (QED) is 0.115. The van der Waals surface area contributed by atoms with Crippen LogP contribution in [-0.2, 0) is 12.2 Å². The Balaban J connectivity index is 1.56. The van der Waals surface area contributed by atoms with E-state index in [2.05, 4.69) is 21.6 Å². The molecule has 5 aromatic rings. The molecule has 0 bridgehead atoms. The van der Waals surface area contributed by atoms with Crippen LogP contribution in [0.2, 0.25) is 0 Å². The zero-order chi connectivity index (χ0) is 28.8. The second kappa shape index (κ2) is 12.6. The Morgan fingerprint density at radius 2 is 1.68 bits per heavy atom. The zero-order valence-electron chi connectivity index (χ0n) is 22.1.